The van der Waals surface area contributed by atoms with E-state index in [4.69, 9.17) is 28.5 Å². The number of nitrogens with one attached hydrogen (secondary N) is 1. The molecule has 0 aliphatic carbocycles. The van der Waals surface area contributed by atoms with Gasteiger partial charge >= 0.3 is 0 Å². The van der Waals surface area contributed by atoms with E-state index in [1.807, 2.05) is 18.2 Å². The summed E-state index contributed by atoms with van der Waals surface area (Å²) in [6.45, 7) is 0.593. The Balaban J connectivity index is 1.76. The van der Waals surface area contributed by atoms with Crippen molar-refractivity contribution in [2.45, 2.75) is 12.5 Å². The molecule has 1 N–H and O–H groups in total. The SMILES string of the molecule is N#Cc1nc(NC2CCN(c3cccc(Cl)c3)C2=O)ccc1Cl. The number of halogens is 2. The predicted molar refractivity (Wildman–Crippen MR) is 89.8 cm³/mol. The summed E-state index contributed by atoms with van der Waals surface area (Å²) in [5.41, 5.74) is 0.905. The van der Waals surface area contributed by atoms with Crippen LogP contribution in [0.15, 0.2) is 36.4 Å². The van der Waals surface area contributed by atoms with Crippen molar-refractivity contribution in [2.24, 2.45) is 0 Å². The Hall–Kier alpha value is -2.29. The first-order valence-electron chi connectivity index (χ1n) is 6.98. The molecular formula is C16H12Cl2N4O. The van der Waals surface area contributed by atoms with Gasteiger partial charge in [0.25, 0.3) is 0 Å². The number of aromatic nitrogens is 1. The second-order valence-corrected chi connectivity index (χ2v) is 5.94. The van der Waals surface area contributed by atoms with Crippen LogP contribution in [0.2, 0.25) is 10.0 Å². The summed E-state index contributed by atoms with van der Waals surface area (Å²) in [7, 11) is 0. The molecule has 1 aromatic heterocycles. The number of pyridine rings is 1. The van der Waals surface area contributed by atoms with Crippen molar-refractivity contribution in [3.63, 3.8) is 0 Å². The van der Waals surface area contributed by atoms with Crippen molar-refractivity contribution in [2.75, 3.05) is 16.8 Å². The third-order valence-corrected chi connectivity index (χ3v) is 4.14. The molecule has 1 aromatic carbocycles. The lowest BCUT2D eigenvalue weighted by atomic mass is 10.2. The summed E-state index contributed by atoms with van der Waals surface area (Å²) in [5, 5.41) is 12.9. The van der Waals surface area contributed by atoms with Crippen molar-refractivity contribution in [3.05, 3.63) is 52.1 Å². The Morgan fingerprint density at radius 1 is 1.30 bits per heavy atom. The minimum Gasteiger partial charge on any atom is -0.358 e. The van der Waals surface area contributed by atoms with Crippen LogP contribution >= 0.6 is 23.2 Å². The van der Waals surface area contributed by atoms with Crippen LogP contribution in [0.4, 0.5) is 11.5 Å². The molecule has 1 atom stereocenters. The average molecular weight is 347 g/mol. The van der Waals surface area contributed by atoms with Gasteiger partial charge < -0.3 is 10.2 Å². The van der Waals surface area contributed by atoms with Gasteiger partial charge in [-0.05, 0) is 36.8 Å². The van der Waals surface area contributed by atoms with Crippen LogP contribution in [-0.2, 0) is 4.79 Å². The minimum atomic E-state index is -0.394. The highest BCUT2D eigenvalue weighted by molar-refractivity contribution is 6.31. The van der Waals surface area contributed by atoms with Gasteiger partial charge in [0.1, 0.15) is 17.9 Å². The van der Waals surface area contributed by atoms with Crippen molar-refractivity contribution in [3.8, 4) is 6.07 Å². The highest BCUT2D eigenvalue weighted by atomic mass is 35.5. The average Bonchev–Trinajstić information content (AvgIpc) is 2.90. The second kappa shape index (κ2) is 6.45. The van der Waals surface area contributed by atoms with Gasteiger partial charge in [0.15, 0.2) is 5.69 Å². The first kappa shape index (κ1) is 15.6. The maximum Gasteiger partial charge on any atom is 0.249 e. The fourth-order valence-electron chi connectivity index (χ4n) is 2.49. The molecule has 1 fully saturated rings. The zero-order chi connectivity index (χ0) is 16.4. The van der Waals surface area contributed by atoms with Gasteiger partial charge in [-0.3, -0.25) is 4.79 Å². The minimum absolute atomic E-state index is 0.0532. The number of carbonyl (C=O) groups excluding carboxylic acids is 1. The van der Waals surface area contributed by atoms with Gasteiger partial charge in [-0.2, -0.15) is 5.26 Å². The maximum absolute atomic E-state index is 12.5. The van der Waals surface area contributed by atoms with Gasteiger partial charge in [0, 0.05) is 17.3 Å². The third kappa shape index (κ3) is 3.24. The summed E-state index contributed by atoms with van der Waals surface area (Å²) >= 11 is 11.8. The first-order chi connectivity index (χ1) is 11.1. The van der Waals surface area contributed by atoms with Crippen LogP contribution in [0.1, 0.15) is 12.1 Å². The van der Waals surface area contributed by atoms with E-state index in [9.17, 15) is 4.79 Å². The van der Waals surface area contributed by atoms with Gasteiger partial charge in [0.05, 0.1) is 5.02 Å². The number of carbonyl (C=O) groups is 1. The van der Waals surface area contributed by atoms with Crippen LogP contribution in [-0.4, -0.2) is 23.5 Å². The van der Waals surface area contributed by atoms with Crippen molar-refractivity contribution in [1.29, 1.82) is 5.26 Å². The number of benzene rings is 1. The van der Waals surface area contributed by atoms with Crippen molar-refractivity contribution in [1.82, 2.24) is 4.98 Å². The Labute approximate surface area is 143 Å². The molecular weight excluding hydrogens is 335 g/mol. The van der Waals surface area contributed by atoms with E-state index >= 15 is 0 Å². The molecule has 3 rings (SSSR count). The number of amides is 1. The number of anilines is 2. The quantitative estimate of drug-likeness (QED) is 0.923. The first-order valence-corrected chi connectivity index (χ1v) is 7.74. The van der Waals surface area contributed by atoms with Crippen LogP contribution < -0.4 is 10.2 Å². The van der Waals surface area contributed by atoms with E-state index in [1.165, 1.54) is 0 Å². The molecule has 1 saturated heterocycles. The Morgan fingerprint density at radius 2 is 2.13 bits per heavy atom. The summed E-state index contributed by atoms with van der Waals surface area (Å²) in [5.74, 6) is 0.403. The zero-order valence-electron chi connectivity index (χ0n) is 12.0. The largest absolute Gasteiger partial charge is 0.358 e. The van der Waals surface area contributed by atoms with E-state index in [-0.39, 0.29) is 16.6 Å². The summed E-state index contributed by atoms with van der Waals surface area (Å²) in [6.07, 6.45) is 0.636. The maximum atomic E-state index is 12.5. The van der Waals surface area contributed by atoms with Crippen LogP contribution in [0, 0.1) is 11.3 Å². The normalized spacial score (nSPS) is 17.2. The highest BCUT2D eigenvalue weighted by Crippen LogP contribution is 2.26. The number of nitriles is 1. The molecule has 1 amide bonds. The molecule has 2 heterocycles. The smallest absolute Gasteiger partial charge is 0.249 e. The Kier molecular flexibility index (Phi) is 4.37. The molecule has 1 unspecified atom stereocenters. The fourth-order valence-corrected chi connectivity index (χ4v) is 2.83. The van der Waals surface area contributed by atoms with E-state index in [1.54, 1.807) is 29.2 Å². The second-order valence-electron chi connectivity index (χ2n) is 5.09. The van der Waals surface area contributed by atoms with E-state index in [0.717, 1.165) is 5.69 Å². The molecule has 116 valence electrons. The summed E-state index contributed by atoms with van der Waals surface area (Å²) in [6, 6.07) is 11.9. The molecule has 0 spiro atoms. The highest BCUT2D eigenvalue weighted by Gasteiger charge is 2.32. The topological polar surface area (TPSA) is 69.0 Å². The van der Waals surface area contributed by atoms with Gasteiger partial charge in [0.2, 0.25) is 5.91 Å². The molecule has 0 bridgehead atoms. The molecule has 7 heteroatoms. The molecule has 1 aliphatic rings. The van der Waals surface area contributed by atoms with Crippen LogP contribution in [0.3, 0.4) is 0 Å². The molecule has 23 heavy (non-hydrogen) atoms. The monoisotopic (exact) mass is 346 g/mol. The standard InChI is InChI=1S/C16H12Cl2N4O/c17-10-2-1-3-11(8-10)22-7-6-13(16(22)23)20-15-5-4-12(18)14(9-19)21-15/h1-5,8,13H,6-7H2,(H,20,21). The predicted octanol–water partition coefficient (Wildman–Crippen LogP) is 3.48. The Bertz CT molecular complexity index is 803. The Morgan fingerprint density at radius 3 is 2.87 bits per heavy atom. The molecule has 2 aromatic rings. The number of rotatable bonds is 3. The molecule has 0 saturated carbocycles. The van der Waals surface area contributed by atoms with Crippen molar-refractivity contribution >= 4 is 40.6 Å². The lowest BCUT2D eigenvalue weighted by Crippen LogP contribution is -2.33. The number of nitrogens with zero attached hydrogens (tertiary/aromatic N) is 3. The molecule has 1 aliphatic heterocycles. The van der Waals surface area contributed by atoms with Crippen LogP contribution in [0.25, 0.3) is 0 Å². The number of hydrogen-bond acceptors (Lipinski definition) is 4. The molecule has 5 nitrogen and oxygen atoms in total. The van der Waals surface area contributed by atoms with E-state index < -0.39 is 6.04 Å². The lowest BCUT2D eigenvalue weighted by molar-refractivity contribution is -0.117. The molecule has 0 radical (unpaired) electrons. The van der Waals surface area contributed by atoms with Gasteiger partial charge in [-0.1, -0.05) is 29.3 Å². The third-order valence-electron chi connectivity index (χ3n) is 3.60. The number of hydrogen-bond donors (Lipinski definition) is 1. The van der Waals surface area contributed by atoms with Crippen molar-refractivity contribution < 1.29 is 4.79 Å². The van der Waals surface area contributed by atoms with E-state index in [2.05, 4.69) is 10.3 Å². The van der Waals surface area contributed by atoms with Gasteiger partial charge in [-0.25, -0.2) is 4.98 Å². The summed E-state index contributed by atoms with van der Waals surface area (Å²) in [4.78, 5) is 18.3. The van der Waals surface area contributed by atoms with Gasteiger partial charge in [-0.15, -0.1) is 0 Å². The fraction of sp³-hybridized carbons (Fsp3) is 0.188. The summed E-state index contributed by atoms with van der Waals surface area (Å²) < 4.78 is 0. The zero-order valence-corrected chi connectivity index (χ0v) is 13.5. The van der Waals surface area contributed by atoms with E-state index in [0.29, 0.717) is 23.8 Å². The van der Waals surface area contributed by atoms with Crippen LogP contribution in [0.5, 0.6) is 0 Å². The lowest BCUT2D eigenvalue weighted by Gasteiger charge is -2.17.